The van der Waals surface area contributed by atoms with Crippen molar-refractivity contribution in [3.05, 3.63) is 24.3 Å². The van der Waals surface area contributed by atoms with E-state index in [2.05, 4.69) is 15.4 Å². The molecule has 0 bridgehead atoms. The van der Waals surface area contributed by atoms with Gasteiger partial charge >= 0.3 is 5.97 Å². The number of anilines is 1. The summed E-state index contributed by atoms with van der Waals surface area (Å²) in [6, 6.07) is 3.07. The van der Waals surface area contributed by atoms with Gasteiger partial charge < -0.3 is 15.7 Å². The van der Waals surface area contributed by atoms with E-state index in [9.17, 15) is 22.8 Å². The molecule has 132 valence electrons. The van der Waals surface area contributed by atoms with Crippen LogP contribution in [0.2, 0.25) is 0 Å². The minimum atomic E-state index is -3.98. The number of carboxylic acid groups (broad SMARTS) is 1. The summed E-state index contributed by atoms with van der Waals surface area (Å²) in [6.07, 6.45) is 0. The fourth-order valence-corrected chi connectivity index (χ4v) is 2.88. The minimum absolute atomic E-state index is 0.0949. The van der Waals surface area contributed by atoms with Crippen molar-refractivity contribution in [3.8, 4) is 0 Å². The summed E-state index contributed by atoms with van der Waals surface area (Å²) in [5.74, 6) is -2.28. The van der Waals surface area contributed by atoms with Gasteiger partial charge in [0.15, 0.2) is 0 Å². The highest BCUT2D eigenvalue weighted by molar-refractivity contribution is 7.89. The van der Waals surface area contributed by atoms with Crippen LogP contribution in [0.3, 0.4) is 0 Å². The Labute approximate surface area is 139 Å². The molecule has 0 aliphatic heterocycles. The fraction of sp³-hybridized carbons (Fsp3) is 0.357. The van der Waals surface area contributed by atoms with Crippen LogP contribution in [0.5, 0.6) is 0 Å². The first-order valence-electron chi connectivity index (χ1n) is 6.96. The van der Waals surface area contributed by atoms with Gasteiger partial charge in [0, 0.05) is 12.6 Å². The Hall–Kier alpha value is -2.46. The Balaban J connectivity index is 2.79. The number of carboxylic acids is 1. The van der Waals surface area contributed by atoms with Crippen LogP contribution in [0.15, 0.2) is 29.2 Å². The molecule has 1 aromatic carbocycles. The van der Waals surface area contributed by atoms with Gasteiger partial charge in [0.05, 0.1) is 10.9 Å². The van der Waals surface area contributed by atoms with E-state index in [1.165, 1.54) is 45.0 Å². The van der Waals surface area contributed by atoms with Gasteiger partial charge in [-0.15, -0.1) is 0 Å². The number of carbonyl (C=O) groups excluding carboxylic acids is 2. The largest absolute Gasteiger partial charge is 0.480 e. The zero-order chi connectivity index (χ0) is 18.5. The van der Waals surface area contributed by atoms with Crippen LogP contribution in [0.1, 0.15) is 20.8 Å². The lowest BCUT2D eigenvalue weighted by Crippen LogP contribution is -2.49. The molecule has 2 atom stereocenters. The average molecular weight is 357 g/mol. The van der Waals surface area contributed by atoms with Gasteiger partial charge in [0.2, 0.25) is 21.8 Å². The van der Waals surface area contributed by atoms with Crippen molar-refractivity contribution >= 4 is 33.5 Å². The Bertz CT molecular complexity index is 729. The Morgan fingerprint density at radius 2 is 1.58 bits per heavy atom. The molecule has 0 radical (unpaired) electrons. The Morgan fingerprint density at radius 3 is 2.04 bits per heavy atom. The van der Waals surface area contributed by atoms with Crippen LogP contribution in [0.25, 0.3) is 0 Å². The van der Waals surface area contributed by atoms with Crippen LogP contribution < -0.4 is 15.4 Å². The molecule has 0 saturated carbocycles. The van der Waals surface area contributed by atoms with Crippen LogP contribution in [-0.4, -0.2) is 43.4 Å². The lowest BCUT2D eigenvalue weighted by atomic mass is 10.3. The maximum absolute atomic E-state index is 12.2. The van der Waals surface area contributed by atoms with Crippen LogP contribution >= 0.6 is 0 Å². The quantitative estimate of drug-likeness (QED) is 0.537. The van der Waals surface area contributed by atoms with Crippen molar-refractivity contribution < 1.29 is 27.9 Å². The molecular weight excluding hydrogens is 338 g/mol. The van der Waals surface area contributed by atoms with E-state index >= 15 is 0 Å². The Kier molecular flexibility index (Phi) is 6.43. The number of sulfonamides is 1. The molecule has 0 spiro atoms. The number of nitrogens with one attached hydrogen (secondary N) is 3. The SMILES string of the molecule is CC(=O)Nc1ccc(S(=O)(=O)NC(C)C(=O)N[C@H](C)C(=O)O)cc1. The Morgan fingerprint density at radius 1 is 1.04 bits per heavy atom. The summed E-state index contributed by atoms with van der Waals surface area (Å²) in [7, 11) is -3.98. The molecule has 24 heavy (non-hydrogen) atoms. The third kappa shape index (κ3) is 5.63. The van der Waals surface area contributed by atoms with E-state index in [0.29, 0.717) is 5.69 Å². The molecule has 0 fully saturated rings. The molecule has 9 nitrogen and oxygen atoms in total. The van der Waals surface area contributed by atoms with Gasteiger partial charge in [0.1, 0.15) is 6.04 Å². The van der Waals surface area contributed by atoms with Crippen molar-refractivity contribution in [2.24, 2.45) is 0 Å². The highest BCUT2D eigenvalue weighted by Crippen LogP contribution is 2.14. The monoisotopic (exact) mass is 357 g/mol. The summed E-state index contributed by atoms with van der Waals surface area (Å²) < 4.78 is 26.6. The van der Waals surface area contributed by atoms with Gasteiger partial charge in [-0.25, -0.2) is 8.42 Å². The number of amides is 2. The number of benzene rings is 1. The van der Waals surface area contributed by atoms with E-state index < -0.39 is 34.0 Å². The average Bonchev–Trinajstić information content (AvgIpc) is 2.46. The van der Waals surface area contributed by atoms with Crippen LogP contribution in [0.4, 0.5) is 5.69 Å². The molecular formula is C14H19N3O6S. The van der Waals surface area contributed by atoms with Crippen LogP contribution in [-0.2, 0) is 24.4 Å². The molecule has 0 saturated heterocycles. The van der Waals surface area contributed by atoms with Crippen molar-refractivity contribution in [2.45, 2.75) is 37.8 Å². The predicted molar refractivity (Wildman–Crippen MR) is 85.8 cm³/mol. The number of carbonyl (C=O) groups is 3. The minimum Gasteiger partial charge on any atom is -0.480 e. The van der Waals surface area contributed by atoms with E-state index in [0.717, 1.165) is 0 Å². The number of aliphatic carboxylic acids is 1. The summed E-state index contributed by atoms with van der Waals surface area (Å²) in [5.41, 5.74) is 0.433. The van der Waals surface area contributed by atoms with Gasteiger partial charge in [-0.2, -0.15) is 4.72 Å². The normalized spacial score (nSPS) is 13.6. The molecule has 4 N–H and O–H groups in total. The first-order chi connectivity index (χ1) is 11.0. The second-order valence-corrected chi connectivity index (χ2v) is 6.83. The van der Waals surface area contributed by atoms with E-state index in [4.69, 9.17) is 5.11 Å². The van der Waals surface area contributed by atoms with Gasteiger partial charge in [0.25, 0.3) is 0 Å². The van der Waals surface area contributed by atoms with Crippen molar-refractivity contribution in [3.63, 3.8) is 0 Å². The topological polar surface area (TPSA) is 142 Å². The summed E-state index contributed by atoms with van der Waals surface area (Å²) >= 11 is 0. The van der Waals surface area contributed by atoms with E-state index in [-0.39, 0.29) is 10.8 Å². The molecule has 0 aromatic heterocycles. The highest BCUT2D eigenvalue weighted by atomic mass is 32.2. The standard InChI is InChI=1S/C14H19N3O6S/c1-8(13(19)15-9(2)14(20)21)17-24(22,23)12-6-4-11(5-7-12)16-10(3)18/h4-9,17H,1-3H3,(H,15,19)(H,16,18)(H,20,21)/t8?,9-/m1/s1. The molecule has 0 heterocycles. The molecule has 1 rings (SSSR count). The first kappa shape index (κ1) is 19.6. The predicted octanol–water partition coefficient (Wildman–Crippen LogP) is -0.0989. The highest BCUT2D eigenvalue weighted by Gasteiger charge is 2.24. The maximum Gasteiger partial charge on any atom is 0.325 e. The van der Waals surface area contributed by atoms with E-state index in [1.54, 1.807) is 0 Å². The number of rotatable bonds is 7. The smallest absolute Gasteiger partial charge is 0.325 e. The van der Waals surface area contributed by atoms with Crippen LogP contribution in [0, 0.1) is 0 Å². The van der Waals surface area contributed by atoms with Crippen molar-refractivity contribution in [1.82, 2.24) is 10.0 Å². The molecule has 1 aromatic rings. The summed E-state index contributed by atoms with van der Waals surface area (Å²) in [6.45, 7) is 3.89. The zero-order valence-corrected chi connectivity index (χ0v) is 14.2. The fourth-order valence-electron chi connectivity index (χ4n) is 1.68. The van der Waals surface area contributed by atoms with Gasteiger partial charge in [-0.3, -0.25) is 14.4 Å². The third-order valence-electron chi connectivity index (χ3n) is 2.94. The number of hydrogen-bond acceptors (Lipinski definition) is 5. The van der Waals surface area contributed by atoms with Crippen molar-refractivity contribution in [1.29, 1.82) is 0 Å². The molecule has 2 amide bonds. The lowest BCUT2D eigenvalue weighted by molar-refractivity contribution is -0.141. The zero-order valence-electron chi connectivity index (χ0n) is 13.4. The summed E-state index contributed by atoms with van der Waals surface area (Å²) in [5, 5.41) is 13.4. The molecule has 0 aliphatic carbocycles. The third-order valence-corrected chi connectivity index (χ3v) is 4.50. The van der Waals surface area contributed by atoms with Crippen molar-refractivity contribution in [2.75, 3.05) is 5.32 Å². The van der Waals surface area contributed by atoms with Gasteiger partial charge in [-0.05, 0) is 38.1 Å². The van der Waals surface area contributed by atoms with E-state index in [1.807, 2.05) is 0 Å². The second kappa shape index (κ2) is 7.88. The maximum atomic E-state index is 12.2. The molecule has 1 unspecified atom stereocenters. The molecule has 10 heteroatoms. The second-order valence-electron chi connectivity index (χ2n) is 5.12. The first-order valence-corrected chi connectivity index (χ1v) is 8.44. The molecule has 0 aliphatic rings. The lowest BCUT2D eigenvalue weighted by Gasteiger charge is -2.16. The van der Waals surface area contributed by atoms with Gasteiger partial charge in [-0.1, -0.05) is 0 Å². The summed E-state index contributed by atoms with van der Waals surface area (Å²) in [4.78, 5) is 33.3. The number of hydrogen-bond donors (Lipinski definition) is 4.